The van der Waals surface area contributed by atoms with Gasteiger partial charge in [0.25, 0.3) is 0 Å². The van der Waals surface area contributed by atoms with Gasteiger partial charge in [-0.25, -0.2) is 0 Å². The number of nitrogens with zero attached hydrogens (tertiary/aromatic N) is 1. The van der Waals surface area contributed by atoms with Crippen LogP contribution in [0.4, 0.5) is 0 Å². The summed E-state index contributed by atoms with van der Waals surface area (Å²) >= 11 is 0. The van der Waals surface area contributed by atoms with Crippen molar-refractivity contribution in [1.29, 1.82) is 0 Å². The van der Waals surface area contributed by atoms with Gasteiger partial charge in [0.15, 0.2) is 0 Å². The molecule has 1 aliphatic rings. The predicted molar refractivity (Wildman–Crippen MR) is 63.6 cm³/mol. The maximum Gasteiger partial charge on any atom is 0.226 e. The Bertz CT molecular complexity index is 237. The molecule has 1 aliphatic heterocycles. The first-order valence-corrected chi connectivity index (χ1v) is 6.18. The summed E-state index contributed by atoms with van der Waals surface area (Å²) in [5.74, 6) is 1.57. The molecule has 0 bridgehead atoms. The van der Waals surface area contributed by atoms with Gasteiger partial charge >= 0.3 is 0 Å². The number of carbonyl (C=O) groups excluding carboxylic acids is 1. The molecular weight excluding hydrogens is 186 g/mol. The molecule has 1 heterocycles. The predicted octanol–water partition coefficient (Wildman–Crippen LogP) is 2.92. The van der Waals surface area contributed by atoms with Crippen LogP contribution in [0, 0.1) is 17.8 Å². The van der Waals surface area contributed by atoms with Gasteiger partial charge in [-0.3, -0.25) is 4.79 Å². The summed E-state index contributed by atoms with van der Waals surface area (Å²) in [4.78, 5) is 14.4. The minimum absolute atomic E-state index is 0.153. The van der Waals surface area contributed by atoms with Crippen molar-refractivity contribution in [2.45, 2.75) is 60.0 Å². The molecule has 0 aromatic rings. The quantitative estimate of drug-likeness (QED) is 0.687. The molecule has 0 radical (unpaired) electrons. The zero-order valence-electron chi connectivity index (χ0n) is 10.9. The molecule has 0 aliphatic carbocycles. The highest BCUT2D eigenvalue weighted by Gasteiger charge is 2.38. The van der Waals surface area contributed by atoms with Gasteiger partial charge in [0.2, 0.25) is 5.91 Å². The fourth-order valence-corrected chi connectivity index (χ4v) is 2.46. The van der Waals surface area contributed by atoms with Crippen molar-refractivity contribution >= 4 is 5.91 Å². The normalized spacial score (nSPS) is 33.5. The number of hydrogen-bond donors (Lipinski definition) is 0. The van der Waals surface area contributed by atoms with E-state index in [0.29, 0.717) is 29.8 Å². The Balaban J connectivity index is 2.75. The van der Waals surface area contributed by atoms with E-state index in [-0.39, 0.29) is 5.92 Å². The third-order valence-corrected chi connectivity index (χ3v) is 4.09. The lowest BCUT2D eigenvalue weighted by molar-refractivity contribution is -0.138. The van der Waals surface area contributed by atoms with Crippen LogP contribution < -0.4 is 0 Å². The fourth-order valence-electron chi connectivity index (χ4n) is 2.46. The van der Waals surface area contributed by atoms with Gasteiger partial charge in [0, 0.05) is 18.0 Å². The Morgan fingerprint density at radius 1 is 1.20 bits per heavy atom. The number of rotatable bonds is 2. The molecule has 88 valence electrons. The monoisotopic (exact) mass is 211 g/mol. The summed E-state index contributed by atoms with van der Waals surface area (Å²) in [6.07, 6.45) is 1.15. The van der Waals surface area contributed by atoms with Crippen molar-refractivity contribution in [3.63, 3.8) is 0 Å². The lowest BCUT2D eigenvalue weighted by atomic mass is 9.96. The van der Waals surface area contributed by atoms with Gasteiger partial charge in [-0.05, 0) is 32.1 Å². The molecule has 1 rings (SSSR count). The van der Waals surface area contributed by atoms with Crippen LogP contribution in [0.25, 0.3) is 0 Å². The lowest BCUT2D eigenvalue weighted by Gasteiger charge is -2.31. The number of amides is 1. The maximum atomic E-state index is 12.3. The van der Waals surface area contributed by atoms with Crippen molar-refractivity contribution < 1.29 is 4.79 Å². The van der Waals surface area contributed by atoms with Crippen LogP contribution in [-0.2, 0) is 4.79 Å². The highest BCUT2D eigenvalue weighted by Crippen LogP contribution is 2.31. The van der Waals surface area contributed by atoms with E-state index < -0.39 is 0 Å². The first kappa shape index (κ1) is 12.5. The van der Waals surface area contributed by atoms with Crippen LogP contribution in [0.1, 0.15) is 48.0 Å². The van der Waals surface area contributed by atoms with E-state index in [1.54, 1.807) is 0 Å². The molecule has 0 aromatic heterocycles. The minimum Gasteiger partial charge on any atom is -0.337 e. The second kappa shape index (κ2) is 4.54. The Labute approximate surface area is 94.0 Å². The van der Waals surface area contributed by atoms with Gasteiger partial charge in [-0.2, -0.15) is 0 Å². The standard InChI is InChI=1S/C13H25NO/c1-8(2)11(5)13(15)14-10(4)7-9(3)12(14)6/h8-12H,7H2,1-6H3/t9?,10-,11?,12?/m1/s1. The average Bonchev–Trinajstić information content (AvgIpc) is 2.39. The SMILES string of the molecule is CC(C)C(C)C(=O)N1C(C)C(C)C[C@H]1C. The molecule has 3 unspecified atom stereocenters. The molecule has 1 fully saturated rings. The summed E-state index contributed by atoms with van der Waals surface area (Å²) in [5.41, 5.74) is 0. The van der Waals surface area contributed by atoms with Gasteiger partial charge in [0.05, 0.1) is 0 Å². The number of hydrogen-bond acceptors (Lipinski definition) is 1. The molecule has 15 heavy (non-hydrogen) atoms. The fraction of sp³-hybridized carbons (Fsp3) is 0.923. The Morgan fingerprint density at radius 2 is 1.73 bits per heavy atom. The summed E-state index contributed by atoms with van der Waals surface area (Å²) < 4.78 is 0. The van der Waals surface area contributed by atoms with Gasteiger partial charge in [-0.1, -0.05) is 27.7 Å². The molecular formula is C13H25NO. The highest BCUT2D eigenvalue weighted by atomic mass is 16.2. The molecule has 0 saturated carbocycles. The first-order chi connectivity index (χ1) is 6.86. The van der Waals surface area contributed by atoms with Crippen molar-refractivity contribution in [1.82, 2.24) is 4.90 Å². The third kappa shape index (κ3) is 2.35. The zero-order valence-corrected chi connectivity index (χ0v) is 10.9. The van der Waals surface area contributed by atoms with E-state index in [4.69, 9.17) is 0 Å². The second-order valence-corrected chi connectivity index (χ2v) is 5.58. The van der Waals surface area contributed by atoms with Crippen molar-refractivity contribution in [2.75, 3.05) is 0 Å². The number of likely N-dealkylation sites (tertiary alicyclic amines) is 1. The van der Waals surface area contributed by atoms with E-state index in [1.807, 2.05) is 0 Å². The molecule has 0 aromatic carbocycles. The van der Waals surface area contributed by atoms with Crippen LogP contribution in [0.15, 0.2) is 0 Å². The van der Waals surface area contributed by atoms with E-state index in [2.05, 4.69) is 46.4 Å². The van der Waals surface area contributed by atoms with Crippen LogP contribution >= 0.6 is 0 Å². The van der Waals surface area contributed by atoms with E-state index in [0.717, 1.165) is 6.42 Å². The largest absolute Gasteiger partial charge is 0.337 e. The molecule has 2 nitrogen and oxygen atoms in total. The van der Waals surface area contributed by atoms with Crippen LogP contribution in [0.3, 0.4) is 0 Å². The average molecular weight is 211 g/mol. The molecule has 1 saturated heterocycles. The highest BCUT2D eigenvalue weighted by molar-refractivity contribution is 5.79. The van der Waals surface area contributed by atoms with Gasteiger partial charge in [-0.15, -0.1) is 0 Å². The molecule has 2 heteroatoms. The first-order valence-electron chi connectivity index (χ1n) is 6.18. The molecule has 1 amide bonds. The van der Waals surface area contributed by atoms with E-state index in [1.165, 1.54) is 0 Å². The maximum absolute atomic E-state index is 12.3. The Hall–Kier alpha value is -0.530. The minimum atomic E-state index is 0.153. The van der Waals surface area contributed by atoms with Crippen molar-refractivity contribution in [3.8, 4) is 0 Å². The van der Waals surface area contributed by atoms with Crippen molar-refractivity contribution in [2.24, 2.45) is 17.8 Å². The summed E-state index contributed by atoms with van der Waals surface area (Å²) in [7, 11) is 0. The topological polar surface area (TPSA) is 20.3 Å². The van der Waals surface area contributed by atoms with Crippen molar-refractivity contribution in [3.05, 3.63) is 0 Å². The third-order valence-electron chi connectivity index (χ3n) is 4.09. The molecule has 0 spiro atoms. The summed E-state index contributed by atoms with van der Waals surface area (Å²) in [6.45, 7) is 12.9. The van der Waals surface area contributed by atoms with E-state index >= 15 is 0 Å². The molecule has 4 atom stereocenters. The van der Waals surface area contributed by atoms with Gasteiger partial charge < -0.3 is 4.90 Å². The lowest BCUT2D eigenvalue weighted by Crippen LogP contribution is -2.43. The second-order valence-electron chi connectivity index (χ2n) is 5.58. The Kier molecular flexibility index (Phi) is 3.80. The summed E-state index contributed by atoms with van der Waals surface area (Å²) in [5, 5.41) is 0. The number of carbonyl (C=O) groups is 1. The Morgan fingerprint density at radius 3 is 2.07 bits per heavy atom. The van der Waals surface area contributed by atoms with Crippen LogP contribution in [-0.4, -0.2) is 22.9 Å². The summed E-state index contributed by atoms with van der Waals surface area (Å²) in [6, 6.07) is 0.831. The smallest absolute Gasteiger partial charge is 0.226 e. The van der Waals surface area contributed by atoms with E-state index in [9.17, 15) is 4.79 Å². The van der Waals surface area contributed by atoms with Gasteiger partial charge in [0.1, 0.15) is 0 Å². The molecule has 0 N–H and O–H groups in total. The van der Waals surface area contributed by atoms with Crippen LogP contribution in [0.5, 0.6) is 0 Å². The zero-order chi connectivity index (χ0) is 11.7. The van der Waals surface area contributed by atoms with Crippen LogP contribution in [0.2, 0.25) is 0 Å².